The van der Waals surface area contributed by atoms with Gasteiger partial charge < -0.3 is 19.7 Å². The molecule has 218 valence electrons. The Labute approximate surface area is 230 Å². The largest absolute Gasteiger partial charge is 0.464 e. The van der Waals surface area contributed by atoms with Crippen molar-refractivity contribution in [2.45, 2.75) is 143 Å². The third kappa shape index (κ3) is 4.54. The molecule has 6 nitrogen and oxygen atoms in total. The fourth-order valence-corrected chi connectivity index (χ4v) is 11.0. The Morgan fingerprint density at radius 2 is 1.45 bits per heavy atom. The first kappa shape index (κ1) is 29.8. The smallest absolute Gasteiger partial charge is 0.293 e. The van der Waals surface area contributed by atoms with E-state index in [4.69, 9.17) is 9.47 Å². The average molecular weight is 535 g/mol. The summed E-state index contributed by atoms with van der Waals surface area (Å²) in [5.41, 5.74) is -1.66. The quantitative estimate of drug-likeness (QED) is 0.350. The first-order valence-corrected chi connectivity index (χ1v) is 15.1. The maximum Gasteiger partial charge on any atom is 0.293 e. The lowest BCUT2D eigenvalue weighted by Gasteiger charge is -2.70. The summed E-state index contributed by atoms with van der Waals surface area (Å²) >= 11 is 0. The molecule has 4 aliphatic rings. The van der Waals surface area contributed by atoms with E-state index in [1.165, 1.54) is 0 Å². The van der Waals surface area contributed by atoms with Gasteiger partial charge in [0, 0.05) is 11.3 Å². The summed E-state index contributed by atoms with van der Waals surface area (Å²) in [5.74, 6) is 0.964. The number of hydrogen-bond donors (Lipinski definition) is 2. The van der Waals surface area contributed by atoms with E-state index >= 15 is 0 Å². The van der Waals surface area contributed by atoms with Gasteiger partial charge in [0.15, 0.2) is 0 Å². The van der Waals surface area contributed by atoms with Crippen molar-refractivity contribution >= 4 is 12.9 Å². The lowest BCUT2D eigenvalue weighted by Crippen LogP contribution is -2.67. The maximum absolute atomic E-state index is 11.9. The van der Waals surface area contributed by atoms with E-state index in [1.807, 2.05) is 20.8 Å². The second kappa shape index (κ2) is 9.75. The Morgan fingerprint density at radius 3 is 2.05 bits per heavy atom. The first-order chi connectivity index (χ1) is 17.5. The molecular formula is C32H54O6. The van der Waals surface area contributed by atoms with Crippen LogP contribution in [0.2, 0.25) is 0 Å². The monoisotopic (exact) mass is 534 g/mol. The van der Waals surface area contributed by atoms with Crippen molar-refractivity contribution < 1.29 is 29.3 Å². The zero-order valence-corrected chi connectivity index (χ0v) is 25.2. The highest BCUT2D eigenvalue weighted by Gasteiger charge is 2.72. The Morgan fingerprint density at radius 1 is 0.816 bits per heavy atom. The van der Waals surface area contributed by atoms with E-state index in [0.717, 1.165) is 51.4 Å². The van der Waals surface area contributed by atoms with Crippen LogP contribution >= 0.6 is 0 Å². The predicted molar refractivity (Wildman–Crippen MR) is 147 cm³/mol. The topological polar surface area (TPSA) is 93.1 Å². The minimum absolute atomic E-state index is 0.0516. The van der Waals surface area contributed by atoms with E-state index in [0.29, 0.717) is 37.6 Å². The summed E-state index contributed by atoms with van der Waals surface area (Å²) in [4.78, 5) is 23.1. The lowest BCUT2D eigenvalue weighted by atomic mass is 9.35. The van der Waals surface area contributed by atoms with Crippen molar-refractivity contribution in [3.63, 3.8) is 0 Å². The van der Waals surface area contributed by atoms with E-state index in [1.54, 1.807) is 0 Å². The number of rotatable bonds is 9. The van der Waals surface area contributed by atoms with Crippen molar-refractivity contribution in [2.75, 3.05) is 0 Å². The van der Waals surface area contributed by atoms with Crippen LogP contribution in [0.4, 0.5) is 0 Å². The highest BCUT2D eigenvalue weighted by molar-refractivity contribution is 5.39. The predicted octanol–water partition coefficient (Wildman–Crippen LogP) is 6.06. The molecule has 4 aliphatic carbocycles. The minimum atomic E-state index is -0.880. The molecule has 0 radical (unpaired) electrons. The van der Waals surface area contributed by atoms with Gasteiger partial charge >= 0.3 is 0 Å². The number of aliphatic hydroxyl groups is 2. The molecule has 0 amide bonds. The van der Waals surface area contributed by atoms with Crippen LogP contribution in [-0.2, 0) is 19.1 Å². The van der Waals surface area contributed by atoms with Crippen molar-refractivity contribution in [1.29, 1.82) is 0 Å². The van der Waals surface area contributed by atoms with Crippen LogP contribution in [0.1, 0.15) is 120 Å². The zero-order chi connectivity index (χ0) is 28.4. The summed E-state index contributed by atoms with van der Waals surface area (Å²) in [6.07, 6.45) is 8.61. The molecule has 4 fully saturated rings. The van der Waals surface area contributed by atoms with Crippen molar-refractivity contribution in [2.24, 2.45) is 45.3 Å². The van der Waals surface area contributed by atoms with Crippen LogP contribution in [-0.4, -0.2) is 46.6 Å². The summed E-state index contributed by atoms with van der Waals surface area (Å²) < 4.78 is 11.6. The van der Waals surface area contributed by atoms with Gasteiger partial charge in [-0.15, -0.1) is 0 Å². The van der Waals surface area contributed by atoms with Gasteiger partial charge in [0.05, 0.1) is 11.2 Å². The Hall–Kier alpha value is -1.14. The minimum Gasteiger partial charge on any atom is -0.464 e. The lowest BCUT2D eigenvalue weighted by molar-refractivity contribution is -0.249. The summed E-state index contributed by atoms with van der Waals surface area (Å²) in [7, 11) is 0. The highest BCUT2D eigenvalue weighted by atomic mass is 16.5. The molecule has 0 aromatic heterocycles. The van der Waals surface area contributed by atoms with Gasteiger partial charge in [-0.05, 0) is 119 Å². The molecule has 0 aromatic carbocycles. The van der Waals surface area contributed by atoms with Crippen LogP contribution in [0.3, 0.4) is 0 Å². The van der Waals surface area contributed by atoms with Crippen LogP contribution < -0.4 is 0 Å². The zero-order valence-electron chi connectivity index (χ0n) is 25.2. The van der Waals surface area contributed by atoms with Gasteiger partial charge in [0.25, 0.3) is 12.9 Å². The highest BCUT2D eigenvalue weighted by Crippen LogP contribution is 2.76. The van der Waals surface area contributed by atoms with Crippen LogP contribution in [0.15, 0.2) is 0 Å². The second-order valence-electron chi connectivity index (χ2n) is 15.8. The molecule has 0 saturated heterocycles. The molecule has 38 heavy (non-hydrogen) atoms. The number of hydrogen-bond acceptors (Lipinski definition) is 6. The maximum atomic E-state index is 11.9. The van der Waals surface area contributed by atoms with Gasteiger partial charge in [-0.2, -0.15) is 0 Å². The number of carbonyl (C=O) groups is 2. The SMILES string of the molecule is CC(C)(O)CCC[C@@](C)(O)[C@H]1CC[C@]2(C)[C@@H]1[C@H](OC=O)C[C@@H]1[C@@]3(C)CC[C@H](OC=O)C(C)(C)[C@@H]3CC[C@]12C. The average Bonchev–Trinajstić information content (AvgIpc) is 3.17. The van der Waals surface area contributed by atoms with E-state index in [2.05, 4.69) is 34.6 Å². The van der Waals surface area contributed by atoms with Gasteiger partial charge in [0.2, 0.25) is 0 Å². The molecular weight excluding hydrogens is 480 g/mol. The molecule has 0 spiro atoms. The second-order valence-corrected chi connectivity index (χ2v) is 15.8. The van der Waals surface area contributed by atoms with Gasteiger partial charge in [-0.1, -0.05) is 34.6 Å². The fraction of sp³-hybridized carbons (Fsp3) is 0.938. The van der Waals surface area contributed by atoms with Crippen molar-refractivity contribution in [1.82, 2.24) is 0 Å². The van der Waals surface area contributed by atoms with E-state index in [-0.39, 0.29) is 45.7 Å². The molecule has 0 heterocycles. The molecule has 4 rings (SSSR count). The van der Waals surface area contributed by atoms with Crippen LogP contribution in [0, 0.1) is 45.3 Å². The Kier molecular flexibility index (Phi) is 7.65. The fourth-order valence-electron chi connectivity index (χ4n) is 11.0. The third-order valence-electron chi connectivity index (χ3n) is 13.0. The number of ether oxygens (including phenoxy) is 2. The molecule has 0 bridgehead atoms. The van der Waals surface area contributed by atoms with Crippen molar-refractivity contribution in [3.05, 3.63) is 0 Å². The molecule has 10 atom stereocenters. The van der Waals surface area contributed by atoms with Gasteiger partial charge in [0.1, 0.15) is 12.2 Å². The summed E-state index contributed by atoms with van der Waals surface area (Å²) in [6.45, 7) is 18.8. The molecule has 6 heteroatoms. The molecule has 2 N–H and O–H groups in total. The number of fused-ring (bicyclic) bond motifs is 5. The van der Waals surface area contributed by atoms with Gasteiger partial charge in [-0.25, -0.2) is 0 Å². The molecule has 4 saturated carbocycles. The molecule has 0 aromatic rings. The first-order valence-electron chi connectivity index (χ1n) is 15.1. The molecule has 0 unspecified atom stereocenters. The Balaban J connectivity index is 1.68. The number of carbonyl (C=O) groups excluding carboxylic acids is 2. The third-order valence-corrected chi connectivity index (χ3v) is 13.0. The standard InChI is InChI=1S/C32H54O6/c1-27(2,35)13-9-14-32(8,36)21-10-16-31(7)26(21)22(37-19-33)18-24-29(5)15-12-25(38-20-34)28(3,4)23(29)11-17-30(24,31)6/h19-26,35-36H,9-18H2,1-8H3/t21-,22+,23-,24+,25-,26-,29-,30+,31+,32+/m0/s1. The van der Waals surface area contributed by atoms with Gasteiger partial charge in [-0.3, -0.25) is 9.59 Å². The van der Waals surface area contributed by atoms with E-state index in [9.17, 15) is 19.8 Å². The van der Waals surface area contributed by atoms with E-state index < -0.39 is 11.2 Å². The Bertz CT molecular complexity index is 891. The van der Waals surface area contributed by atoms with Crippen molar-refractivity contribution in [3.8, 4) is 0 Å². The normalized spacial score (nSPS) is 45.6. The summed E-state index contributed by atoms with van der Waals surface area (Å²) in [6, 6.07) is 0. The molecule has 0 aliphatic heterocycles. The summed E-state index contributed by atoms with van der Waals surface area (Å²) in [5, 5.41) is 22.1. The van der Waals surface area contributed by atoms with Crippen LogP contribution in [0.5, 0.6) is 0 Å². The van der Waals surface area contributed by atoms with Crippen LogP contribution in [0.25, 0.3) is 0 Å².